The highest BCUT2D eigenvalue weighted by atomic mass is 16.2. The largest absolute Gasteiger partial charge is 0.396 e. The first-order valence-corrected chi connectivity index (χ1v) is 7.36. The second kappa shape index (κ2) is 8.18. The van der Waals surface area contributed by atoms with E-state index in [-0.39, 0.29) is 12.4 Å². The number of hydrogen-bond acceptors (Lipinski definition) is 3. The van der Waals surface area contributed by atoms with E-state index in [1.165, 1.54) is 5.56 Å². The van der Waals surface area contributed by atoms with E-state index < -0.39 is 0 Å². The summed E-state index contributed by atoms with van der Waals surface area (Å²) in [4.78, 5) is 14.5. The van der Waals surface area contributed by atoms with Crippen LogP contribution in [0.15, 0.2) is 12.1 Å². The number of benzene rings is 1. The summed E-state index contributed by atoms with van der Waals surface area (Å²) in [6, 6.07) is 4.14. The van der Waals surface area contributed by atoms with Crippen molar-refractivity contribution in [1.29, 1.82) is 0 Å². The van der Waals surface area contributed by atoms with Crippen molar-refractivity contribution in [3.8, 4) is 0 Å². The second-order valence-corrected chi connectivity index (χ2v) is 5.72. The van der Waals surface area contributed by atoms with Crippen molar-refractivity contribution in [2.75, 3.05) is 26.7 Å². The van der Waals surface area contributed by atoms with Gasteiger partial charge in [-0.05, 0) is 64.8 Å². The highest BCUT2D eigenvalue weighted by molar-refractivity contribution is 6.00. The Morgan fingerprint density at radius 2 is 1.70 bits per heavy atom. The number of nitrogens with zero attached hydrogens (tertiary/aromatic N) is 1. The third kappa shape index (κ3) is 5.06. The predicted octanol–water partition coefficient (Wildman–Crippen LogP) is 2.89. The van der Waals surface area contributed by atoms with Crippen LogP contribution >= 0.6 is 0 Å². The van der Waals surface area contributed by atoms with Crippen molar-refractivity contribution in [3.05, 3.63) is 34.4 Å². The highest BCUT2D eigenvalue weighted by Gasteiger charge is 2.14. The molecule has 0 radical (unpaired) electrons. The molecule has 1 N–H and O–H groups in total. The van der Waals surface area contributed by atoms with Crippen LogP contribution in [-0.2, 0) is 0 Å². The third-order valence-electron chi connectivity index (χ3n) is 3.57. The minimum atomic E-state index is 0.199. The molecular formula is C17H27NO2. The van der Waals surface area contributed by atoms with Crippen molar-refractivity contribution in [2.24, 2.45) is 0 Å². The topological polar surface area (TPSA) is 40.5 Å². The fourth-order valence-electron chi connectivity index (χ4n) is 2.69. The highest BCUT2D eigenvalue weighted by Crippen LogP contribution is 2.17. The lowest BCUT2D eigenvalue weighted by molar-refractivity contribution is 0.0944. The SMILES string of the molecule is Cc1cc(C)c(C(=O)CN(C)CCCCCO)c(C)c1. The number of rotatable bonds is 8. The molecule has 0 heterocycles. The van der Waals surface area contributed by atoms with E-state index in [1.54, 1.807) is 0 Å². The maximum atomic E-state index is 12.4. The van der Waals surface area contributed by atoms with E-state index in [4.69, 9.17) is 5.11 Å². The first kappa shape index (κ1) is 16.9. The van der Waals surface area contributed by atoms with E-state index in [0.717, 1.165) is 42.5 Å². The van der Waals surface area contributed by atoms with Crippen LogP contribution in [0.25, 0.3) is 0 Å². The van der Waals surface area contributed by atoms with Crippen LogP contribution in [0.4, 0.5) is 0 Å². The molecule has 1 aromatic carbocycles. The van der Waals surface area contributed by atoms with Crippen LogP contribution in [0.2, 0.25) is 0 Å². The van der Waals surface area contributed by atoms with Gasteiger partial charge >= 0.3 is 0 Å². The Kier molecular flexibility index (Phi) is 6.89. The zero-order valence-electron chi connectivity index (χ0n) is 13.2. The number of ketones is 1. The number of aryl methyl sites for hydroxylation is 3. The molecule has 0 aliphatic rings. The molecule has 112 valence electrons. The molecule has 0 saturated heterocycles. The number of aliphatic hydroxyl groups excluding tert-OH is 1. The minimum Gasteiger partial charge on any atom is -0.396 e. The van der Waals surface area contributed by atoms with Gasteiger partial charge in [-0.3, -0.25) is 9.69 Å². The lowest BCUT2D eigenvalue weighted by Gasteiger charge is -2.17. The first-order valence-electron chi connectivity index (χ1n) is 7.36. The van der Waals surface area contributed by atoms with Gasteiger partial charge in [-0.2, -0.15) is 0 Å². The minimum absolute atomic E-state index is 0.199. The Bertz CT molecular complexity index is 431. The van der Waals surface area contributed by atoms with Gasteiger partial charge < -0.3 is 5.11 Å². The molecule has 0 aliphatic carbocycles. The zero-order valence-corrected chi connectivity index (χ0v) is 13.2. The van der Waals surface area contributed by atoms with Crippen molar-refractivity contribution in [3.63, 3.8) is 0 Å². The van der Waals surface area contributed by atoms with Gasteiger partial charge in [0.1, 0.15) is 0 Å². The normalized spacial score (nSPS) is 11.1. The molecule has 0 aliphatic heterocycles. The summed E-state index contributed by atoms with van der Waals surface area (Å²) in [5, 5.41) is 8.74. The van der Waals surface area contributed by atoms with Crippen LogP contribution in [0.5, 0.6) is 0 Å². The lowest BCUT2D eigenvalue weighted by Crippen LogP contribution is -2.28. The molecule has 0 unspecified atom stereocenters. The summed E-state index contributed by atoms with van der Waals surface area (Å²) < 4.78 is 0. The van der Waals surface area contributed by atoms with Crippen LogP contribution in [-0.4, -0.2) is 42.5 Å². The number of unbranched alkanes of at least 4 members (excludes halogenated alkanes) is 2. The number of carbonyl (C=O) groups excluding carboxylic acids is 1. The molecule has 3 heteroatoms. The van der Waals surface area contributed by atoms with Gasteiger partial charge in [0, 0.05) is 12.2 Å². The lowest BCUT2D eigenvalue weighted by atomic mass is 9.96. The van der Waals surface area contributed by atoms with E-state index in [1.807, 2.05) is 20.9 Å². The number of carbonyl (C=O) groups is 1. The Hall–Kier alpha value is -1.19. The fraction of sp³-hybridized carbons (Fsp3) is 0.588. The van der Waals surface area contributed by atoms with Gasteiger partial charge in [0.25, 0.3) is 0 Å². The van der Waals surface area contributed by atoms with Crippen LogP contribution in [0, 0.1) is 20.8 Å². The van der Waals surface area contributed by atoms with Crippen molar-refractivity contribution in [1.82, 2.24) is 4.90 Å². The average molecular weight is 277 g/mol. The van der Waals surface area contributed by atoms with E-state index in [2.05, 4.69) is 24.0 Å². The summed E-state index contributed by atoms with van der Waals surface area (Å²) in [5.74, 6) is 0.199. The van der Waals surface area contributed by atoms with E-state index in [9.17, 15) is 4.79 Å². The number of likely N-dealkylation sites (N-methyl/N-ethyl adjacent to an activating group) is 1. The van der Waals surface area contributed by atoms with Gasteiger partial charge in [0.05, 0.1) is 6.54 Å². The second-order valence-electron chi connectivity index (χ2n) is 5.72. The summed E-state index contributed by atoms with van der Waals surface area (Å²) in [6.45, 7) is 7.69. The molecule has 1 rings (SSSR count). The molecule has 0 saturated carbocycles. The molecule has 0 atom stereocenters. The standard InChI is InChI=1S/C17H27NO2/c1-13-10-14(2)17(15(3)11-13)16(20)12-18(4)8-6-5-7-9-19/h10-11,19H,5-9,12H2,1-4H3. The van der Waals surface area contributed by atoms with Crippen molar-refractivity contribution in [2.45, 2.75) is 40.0 Å². The molecule has 0 spiro atoms. The van der Waals surface area contributed by atoms with Gasteiger partial charge in [-0.25, -0.2) is 0 Å². The molecule has 20 heavy (non-hydrogen) atoms. The van der Waals surface area contributed by atoms with Crippen LogP contribution in [0.3, 0.4) is 0 Å². The fourth-order valence-corrected chi connectivity index (χ4v) is 2.69. The third-order valence-corrected chi connectivity index (χ3v) is 3.57. The smallest absolute Gasteiger partial charge is 0.177 e. The maximum absolute atomic E-state index is 12.4. The summed E-state index contributed by atoms with van der Waals surface area (Å²) in [6.07, 6.45) is 2.88. The summed E-state index contributed by atoms with van der Waals surface area (Å²) in [5.41, 5.74) is 4.22. The Balaban J connectivity index is 2.58. The van der Waals surface area contributed by atoms with Gasteiger partial charge in [0.2, 0.25) is 0 Å². The first-order chi connectivity index (χ1) is 9.45. The van der Waals surface area contributed by atoms with Crippen LogP contribution in [0.1, 0.15) is 46.3 Å². The molecule has 0 fully saturated rings. The number of aliphatic hydroxyl groups is 1. The van der Waals surface area contributed by atoms with Crippen molar-refractivity contribution < 1.29 is 9.90 Å². The molecule has 1 aromatic rings. The van der Waals surface area contributed by atoms with Gasteiger partial charge in [0.15, 0.2) is 5.78 Å². The van der Waals surface area contributed by atoms with Crippen molar-refractivity contribution >= 4 is 5.78 Å². The Morgan fingerprint density at radius 3 is 2.25 bits per heavy atom. The zero-order chi connectivity index (χ0) is 15.1. The molecule has 0 amide bonds. The summed E-state index contributed by atoms with van der Waals surface area (Å²) in [7, 11) is 1.98. The molecule has 0 aromatic heterocycles. The number of Topliss-reactive ketones (excluding diaryl/α,β-unsaturated/α-hetero) is 1. The molecule has 3 nitrogen and oxygen atoms in total. The monoisotopic (exact) mass is 277 g/mol. The Morgan fingerprint density at radius 1 is 1.10 bits per heavy atom. The summed E-state index contributed by atoms with van der Waals surface area (Å²) >= 11 is 0. The Labute approximate surface area is 122 Å². The molecule has 0 bridgehead atoms. The quantitative estimate of drug-likeness (QED) is 0.587. The average Bonchev–Trinajstić information content (AvgIpc) is 2.33. The van der Waals surface area contributed by atoms with Crippen LogP contribution < -0.4 is 0 Å². The van der Waals surface area contributed by atoms with Gasteiger partial charge in [-0.15, -0.1) is 0 Å². The van der Waals surface area contributed by atoms with E-state index >= 15 is 0 Å². The predicted molar refractivity (Wildman–Crippen MR) is 83.4 cm³/mol. The van der Waals surface area contributed by atoms with E-state index in [0.29, 0.717) is 6.54 Å². The molecular weight excluding hydrogens is 250 g/mol. The maximum Gasteiger partial charge on any atom is 0.177 e. The van der Waals surface area contributed by atoms with Gasteiger partial charge in [-0.1, -0.05) is 17.7 Å². The number of hydrogen-bond donors (Lipinski definition) is 1.